The van der Waals surface area contributed by atoms with Gasteiger partial charge in [0.05, 0.1) is 19.1 Å². The van der Waals surface area contributed by atoms with Crippen molar-refractivity contribution in [3.8, 4) is 0 Å². The molecule has 1 aromatic heterocycles. The summed E-state index contributed by atoms with van der Waals surface area (Å²) in [6.45, 7) is 1.23. The molecule has 0 spiro atoms. The first-order valence-corrected chi connectivity index (χ1v) is 5.14. The van der Waals surface area contributed by atoms with Crippen LogP contribution in [0.3, 0.4) is 0 Å². The molecule has 1 saturated heterocycles. The van der Waals surface area contributed by atoms with Gasteiger partial charge in [-0.2, -0.15) is 4.98 Å². The van der Waals surface area contributed by atoms with E-state index in [0.29, 0.717) is 11.7 Å². The molecule has 17 heavy (non-hydrogen) atoms. The zero-order valence-electron chi connectivity index (χ0n) is 9.17. The molecule has 2 heterocycles. The molecule has 2 rings (SSSR count). The third-order valence-corrected chi connectivity index (χ3v) is 2.42. The lowest BCUT2D eigenvalue weighted by Gasteiger charge is -2.09. The van der Waals surface area contributed by atoms with Crippen molar-refractivity contribution in [2.24, 2.45) is 0 Å². The van der Waals surface area contributed by atoms with Crippen molar-refractivity contribution in [2.45, 2.75) is 31.9 Å². The smallest absolute Gasteiger partial charge is 0.262 e. The maximum absolute atomic E-state index is 12.8. The predicted octanol–water partition coefficient (Wildman–Crippen LogP) is -0.00858. The molecule has 0 aromatic carbocycles. The molecule has 1 unspecified atom stereocenters. The third-order valence-electron chi connectivity index (χ3n) is 2.42. The minimum atomic E-state index is -2.81. The lowest BCUT2D eigenvalue weighted by atomic mass is 10.2. The van der Waals surface area contributed by atoms with Gasteiger partial charge in [-0.1, -0.05) is 5.16 Å². The van der Waals surface area contributed by atoms with Crippen LogP contribution in [0.25, 0.3) is 0 Å². The first kappa shape index (κ1) is 11.9. The summed E-state index contributed by atoms with van der Waals surface area (Å²) in [7, 11) is 0. The van der Waals surface area contributed by atoms with E-state index in [4.69, 9.17) is 4.52 Å². The molecule has 0 radical (unpaired) electrons. The minimum absolute atomic E-state index is 0.0694. The van der Waals surface area contributed by atoms with Crippen molar-refractivity contribution in [1.82, 2.24) is 20.8 Å². The molecule has 1 fully saturated rings. The van der Waals surface area contributed by atoms with Crippen LogP contribution < -0.4 is 10.6 Å². The Morgan fingerprint density at radius 3 is 3.00 bits per heavy atom. The molecule has 6 nitrogen and oxygen atoms in total. The number of nitrogens with zero attached hydrogens (tertiary/aromatic N) is 2. The molecule has 8 heteroatoms. The molecule has 0 saturated carbocycles. The number of nitrogens with one attached hydrogen (secondary N) is 2. The zero-order valence-corrected chi connectivity index (χ0v) is 9.17. The van der Waals surface area contributed by atoms with Crippen LogP contribution in [0.2, 0.25) is 0 Å². The Morgan fingerprint density at radius 2 is 2.47 bits per heavy atom. The molecular formula is C9H12F2N4O2. The lowest BCUT2D eigenvalue weighted by molar-refractivity contribution is -0.123. The summed E-state index contributed by atoms with van der Waals surface area (Å²) in [6, 6.07) is -0.863. The molecule has 1 amide bonds. The molecule has 94 valence electrons. The van der Waals surface area contributed by atoms with Gasteiger partial charge >= 0.3 is 0 Å². The van der Waals surface area contributed by atoms with Gasteiger partial charge in [-0.05, 0) is 0 Å². The highest BCUT2D eigenvalue weighted by Gasteiger charge is 2.42. The van der Waals surface area contributed by atoms with Gasteiger partial charge in [-0.15, -0.1) is 0 Å². The number of halogens is 2. The normalized spacial score (nSPS) is 22.6. The summed E-state index contributed by atoms with van der Waals surface area (Å²) < 4.78 is 30.4. The standard InChI is InChI=1S/C9H12F2N4O2/c1-5-14-7(15-17-5)3-12-8(16)6-2-9(10,11)4-13-6/h6,13H,2-4H2,1H3,(H,12,16). The molecular weight excluding hydrogens is 234 g/mol. The fourth-order valence-corrected chi connectivity index (χ4v) is 1.60. The van der Waals surface area contributed by atoms with Gasteiger partial charge in [0.25, 0.3) is 5.92 Å². The van der Waals surface area contributed by atoms with E-state index in [1.807, 2.05) is 0 Å². The maximum atomic E-state index is 12.8. The summed E-state index contributed by atoms with van der Waals surface area (Å²) >= 11 is 0. The minimum Gasteiger partial charge on any atom is -0.347 e. The summed E-state index contributed by atoms with van der Waals surface area (Å²) in [6.07, 6.45) is -0.482. The first-order chi connectivity index (χ1) is 7.96. The second-order valence-corrected chi connectivity index (χ2v) is 3.94. The number of amides is 1. The van der Waals surface area contributed by atoms with Crippen LogP contribution in [-0.4, -0.2) is 34.6 Å². The topological polar surface area (TPSA) is 80.0 Å². The fourth-order valence-electron chi connectivity index (χ4n) is 1.60. The zero-order chi connectivity index (χ0) is 12.5. The Kier molecular flexibility index (Phi) is 3.05. The lowest BCUT2D eigenvalue weighted by Crippen LogP contribution is -2.40. The Morgan fingerprint density at radius 1 is 1.71 bits per heavy atom. The van der Waals surface area contributed by atoms with Crippen molar-refractivity contribution in [2.75, 3.05) is 6.54 Å². The molecule has 2 N–H and O–H groups in total. The van der Waals surface area contributed by atoms with E-state index in [1.54, 1.807) is 6.92 Å². The largest absolute Gasteiger partial charge is 0.347 e. The van der Waals surface area contributed by atoms with E-state index in [0.717, 1.165) is 0 Å². The van der Waals surface area contributed by atoms with E-state index in [2.05, 4.69) is 20.8 Å². The van der Waals surface area contributed by atoms with Crippen LogP contribution in [0, 0.1) is 6.92 Å². The Labute approximate surface area is 95.8 Å². The van der Waals surface area contributed by atoms with E-state index < -0.39 is 30.8 Å². The number of hydrogen-bond acceptors (Lipinski definition) is 5. The van der Waals surface area contributed by atoms with Crippen LogP contribution in [0.4, 0.5) is 8.78 Å². The molecule has 0 bridgehead atoms. The van der Waals surface area contributed by atoms with Crippen molar-refractivity contribution in [1.29, 1.82) is 0 Å². The Bertz CT molecular complexity index is 421. The van der Waals surface area contributed by atoms with Crippen molar-refractivity contribution in [3.63, 3.8) is 0 Å². The summed E-state index contributed by atoms with van der Waals surface area (Å²) in [5, 5.41) is 8.51. The first-order valence-electron chi connectivity index (χ1n) is 5.14. The molecule has 0 aliphatic carbocycles. The Balaban J connectivity index is 1.82. The maximum Gasteiger partial charge on any atom is 0.262 e. The van der Waals surface area contributed by atoms with Gasteiger partial charge in [0.1, 0.15) is 0 Å². The van der Waals surface area contributed by atoms with E-state index in [9.17, 15) is 13.6 Å². The molecule has 1 aliphatic heterocycles. The molecule has 1 aromatic rings. The van der Waals surface area contributed by atoms with Gasteiger partial charge in [0.15, 0.2) is 5.82 Å². The van der Waals surface area contributed by atoms with Gasteiger partial charge < -0.3 is 9.84 Å². The number of aromatic nitrogens is 2. The fraction of sp³-hybridized carbons (Fsp3) is 0.667. The number of hydrogen-bond donors (Lipinski definition) is 2. The van der Waals surface area contributed by atoms with E-state index in [-0.39, 0.29) is 6.54 Å². The summed E-state index contributed by atoms with van der Waals surface area (Å²) in [5.41, 5.74) is 0. The predicted molar refractivity (Wildman–Crippen MR) is 52.2 cm³/mol. The number of carbonyl (C=O) groups excluding carboxylic acids is 1. The van der Waals surface area contributed by atoms with Crippen molar-refractivity contribution >= 4 is 5.91 Å². The van der Waals surface area contributed by atoms with Crippen LogP contribution in [0.5, 0.6) is 0 Å². The average Bonchev–Trinajstić information content (AvgIpc) is 2.81. The molecule has 1 aliphatic rings. The van der Waals surface area contributed by atoms with Crippen molar-refractivity contribution < 1.29 is 18.1 Å². The van der Waals surface area contributed by atoms with E-state index in [1.165, 1.54) is 0 Å². The third kappa shape index (κ3) is 2.96. The Hall–Kier alpha value is -1.57. The van der Waals surface area contributed by atoms with Crippen LogP contribution in [0.15, 0.2) is 4.52 Å². The van der Waals surface area contributed by atoms with E-state index >= 15 is 0 Å². The van der Waals surface area contributed by atoms with Crippen LogP contribution >= 0.6 is 0 Å². The van der Waals surface area contributed by atoms with Gasteiger partial charge in [0, 0.05) is 13.3 Å². The summed E-state index contributed by atoms with van der Waals surface area (Å²) in [5.74, 6) is -2.59. The highest BCUT2D eigenvalue weighted by atomic mass is 19.3. The van der Waals surface area contributed by atoms with Crippen LogP contribution in [-0.2, 0) is 11.3 Å². The van der Waals surface area contributed by atoms with Gasteiger partial charge in [0.2, 0.25) is 11.8 Å². The van der Waals surface area contributed by atoms with Gasteiger partial charge in [-0.25, -0.2) is 8.78 Å². The highest BCUT2D eigenvalue weighted by Crippen LogP contribution is 2.24. The number of carbonyl (C=O) groups is 1. The SMILES string of the molecule is Cc1nc(CNC(=O)C2CC(F)(F)CN2)no1. The number of alkyl halides is 2. The number of aryl methyl sites for hydroxylation is 1. The van der Waals surface area contributed by atoms with Crippen molar-refractivity contribution in [3.05, 3.63) is 11.7 Å². The average molecular weight is 246 g/mol. The quantitative estimate of drug-likeness (QED) is 0.784. The summed E-state index contributed by atoms with van der Waals surface area (Å²) in [4.78, 5) is 15.4. The van der Waals surface area contributed by atoms with Gasteiger partial charge in [-0.3, -0.25) is 10.1 Å². The highest BCUT2D eigenvalue weighted by molar-refractivity contribution is 5.82. The molecule has 1 atom stereocenters. The second-order valence-electron chi connectivity index (χ2n) is 3.94. The monoisotopic (exact) mass is 246 g/mol. The number of rotatable bonds is 3. The van der Waals surface area contributed by atoms with Crippen LogP contribution in [0.1, 0.15) is 18.1 Å². The second kappa shape index (κ2) is 4.36.